The van der Waals surface area contributed by atoms with Crippen LogP contribution < -0.4 is 16.1 Å². The van der Waals surface area contributed by atoms with E-state index in [1.807, 2.05) is 0 Å². The minimum absolute atomic E-state index is 0.327. The third-order valence-electron chi connectivity index (χ3n) is 4.16. The van der Waals surface area contributed by atoms with Gasteiger partial charge in [0.25, 0.3) is 5.56 Å². The lowest BCUT2D eigenvalue weighted by atomic mass is 10.0. The fraction of sp³-hybridized carbons (Fsp3) is 0.615. The second-order valence-electron chi connectivity index (χ2n) is 5.50. The summed E-state index contributed by atoms with van der Waals surface area (Å²) < 4.78 is 2.51. The fourth-order valence-electron chi connectivity index (χ4n) is 2.86. The van der Waals surface area contributed by atoms with Gasteiger partial charge in [0.05, 0.1) is 0 Å². The zero-order chi connectivity index (χ0) is 14.4. The summed E-state index contributed by atoms with van der Waals surface area (Å²) in [4.78, 5) is 33.8. The van der Waals surface area contributed by atoms with Crippen LogP contribution in [0.5, 0.6) is 0 Å². The first-order chi connectivity index (χ1) is 9.50. The number of fused-ring (bicyclic) bond motifs is 1. The molecular formula is C13H19N5O2. The summed E-state index contributed by atoms with van der Waals surface area (Å²) in [6, 6.07) is 0.394. The van der Waals surface area contributed by atoms with Crippen molar-refractivity contribution in [3.63, 3.8) is 0 Å². The molecule has 2 aromatic heterocycles. The number of nitrogens with zero attached hydrogens (tertiary/aromatic N) is 4. The maximum atomic E-state index is 12.1. The molecule has 1 atom stereocenters. The van der Waals surface area contributed by atoms with Gasteiger partial charge in [0, 0.05) is 26.7 Å². The number of imidazole rings is 1. The Morgan fingerprint density at radius 3 is 2.65 bits per heavy atom. The molecule has 1 fully saturated rings. The Morgan fingerprint density at radius 2 is 1.95 bits per heavy atom. The van der Waals surface area contributed by atoms with Gasteiger partial charge in [-0.15, -0.1) is 0 Å². The molecule has 1 aliphatic rings. The highest BCUT2D eigenvalue weighted by atomic mass is 16.2. The van der Waals surface area contributed by atoms with E-state index in [1.165, 1.54) is 18.0 Å². The minimum Gasteiger partial charge on any atom is -0.340 e. The molecule has 0 aromatic carbocycles. The van der Waals surface area contributed by atoms with Crippen molar-refractivity contribution in [1.82, 2.24) is 19.1 Å². The zero-order valence-electron chi connectivity index (χ0n) is 12.0. The van der Waals surface area contributed by atoms with E-state index in [4.69, 9.17) is 0 Å². The van der Waals surface area contributed by atoms with E-state index in [0.29, 0.717) is 23.2 Å². The van der Waals surface area contributed by atoms with Gasteiger partial charge < -0.3 is 9.88 Å². The summed E-state index contributed by atoms with van der Waals surface area (Å²) >= 11 is 0. The van der Waals surface area contributed by atoms with E-state index in [-0.39, 0.29) is 11.2 Å². The Morgan fingerprint density at radius 1 is 1.20 bits per heavy atom. The van der Waals surface area contributed by atoms with Crippen molar-refractivity contribution in [2.24, 2.45) is 14.1 Å². The zero-order valence-corrected chi connectivity index (χ0v) is 12.0. The van der Waals surface area contributed by atoms with Crippen molar-refractivity contribution in [2.45, 2.75) is 32.2 Å². The van der Waals surface area contributed by atoms with E-state index in [9.17, 15) is 9.59 Å². The van der Waals surface area contributed by atoms with Crippen LogP contribution in [0.1, 0.15) is 26.2 Å². The molecule has 1 saturated heterocycles. The molecule has 3 heterocycles. The van der Waals surface area contributed by atoms with Crippen LogP contribution >= 0.6 is 0 Å². The lowest BCUT2D eigenvalue weighted by Gasteiger charge is -2.32. The second-order valence-corrected chi connectivity index (χ2v) is 5.50. The van der Waals surface area contributed by atoms with Crippen LogP contribution in [-0.4, -0.2) is 31.7 Å². The molecule has 0 spiro atoms. The highest BCUT2D eigenvalue weighted by Gasteiger charge is 2.23. The first-order valence-corrected chi connectivity index (χ1v) is 6.93. The van der Waals surface area contributed by atoms with Crippen LogP contribution in [0.15, 0.2) is 9.59 Å². The minimum atomic E-state index is -0.354. The van der Waals surface area contributed by atoms with E-state index < -0.39 is 0 Å². The number of piperidine rings is 1. The van der Waals surface area contributed by atoms with Crippen LogP contribution in [0, 0.1) is 0 Å². The maximum Gasteiger partial charge on any atom is 0.332 e. The van der Waals surface area contributed by atoms with Gasteiger partial charge in [-0.05, 0) is 26.2 Å². The third kappa shape index (κ3) is 1.76. The first kappa shape index (κ1) is 13.0. The number of aromatic amines is 1. The third-order valence-corrected chi connectivity index (χ3v) is 4.16. The Kier molecular flexibility index (Phi) is 2.92. The normalized spacial score (nSPS) is 19.8. The standard InChI is InChI=1S/C13H19N5O2/c1-8-6-4-5-7-18(8)12-14-9-10(15-12)16(2)13(20)17(3)11(9)19/h8H,4-7H2,1-3H3,(H,14,15)/t8-/m0/s1. The van der Waals surface area contributed by atoms with Crippen molar-refractivity contribution >= 4 is 17.1 Å². The highest BCUT2D eigenvalue weighted by Crippen LogP contribution is 2.23. The summed E-state index contributed by atoms with van der Waals surface area (Å²) in [6.45, 7) is 3.08. The average Bonchev–Trinajstić information content (AvgIpc) is 2.88. The molecule has 0 amide bonds. The van der Waals surface area contributed by atoms with Crippen molar-refractivity contribution in [3.8, 4) is 0 Å². The van der Waals surface area contributed by atoms with Gasteiger partial charge >= 0.3 is 5.69 Å². The van der Waals surface area contributed by atoms with E-state index >= 15 is 0 Å². The van der Waals surface area contributed by atoms with Crippen LogP contribution in [-0.2, 0) is 14.1 Å². The molecule has 0 radical (unpaired) electrons. The summed E-state index contributed by atoms with van der Waals surface area (Å²) in [5.41, 5.74) is 0.131. The number of hydrogen-bond acceptors (Lipinski definition) is 4. The van der Waals surface area contributed by atoms with Gasteiger partial charge in [-0.2, -0.15) is 4.98 Å². The van der Waals surface area contributed by atoms with Crippen molar-refractivity contribution in [3.05, 3.63) is 20.8 Å². The fourth-order valence-corrected chi connectivity index (χ4v) is 2.86. The monoisotopic (exact) mass is 277 g/mol. The summed E-state index contributed by atoms with van der Waals surface area (Å²) in [7, 11) is 3.11. The number of hydrogen-bond donors (Lipinski definition) is 1. The van der Waals surface area contributed by atoms with E-state index in [0.717, 1.165) is 24.0 Å². The van der Waals surface area contributed by atoms with Crippen molar-refractivity contribution < 1.29 is 0 Å². The van der Waals surface area contributed by atoms with Crippen molar-refractivity contribution in [2.75, 3.05) is 11.4 Å². The molecule has 20 heavy (non-hydrogen) atoms. The maximum absolute atomic E-state index is 12.1. The molecule has 108 valence electrons. The van der Waals surface area contributed by atoms with Gasteiger partial charge in [0.2, 0.25) is 5.95 Å². The number of anilines is 1. The lowest BCUT2D eigenvalue weighted by Crippen LogP contribution is -2.38. The predicted molar refractivity (Wildman–Crippen MR) is 77.2 cm³/mol. The molecule has 3 rings (SSSR count). The molecule has 1 aliphatic heterocycles. The molecule has 7 heteroatoms. The predicted octanol–water partition coefficient (Wildman–Crippen LogP) is 0.339. The van der Waals surface area contributed by atoms with Gasteiger partial charge in [-0.25, -0.2) is 4.79 Å². The summed E-state index contributed by atoms with van der Waals surface area (Å²) in [5, 5.41) is 0. The van der Waals surface area contributed by atoms with Gasteiger partial charge in [-0.1, -0.05) is 0 Å². The Hall–Kier alpha value is -2.05. The molecule has 0 unspecified atom stereocenters. The second kappa shape index (κ2) is 4.50. The van der Waals surface area contributed by atoms with Crippen molar-refractivity contribution in [1.29, 1.82) is 0 Å². The van der Waals surface area contributed by atoms with Gasteiger partial charge in [0.1, 0.15) is 0 Å². The highest BCUT2D eigenvalue weighted by molar-refractivity contribution is 5.73. The molecular weight excluding hydrogens is 258 g/mol. The summed E-state index contributed by atoms with van der Waals surface area (Å²) in [6.07, 6.45) is 3.46. The Labute approximate surface area is 115 Å². The molecule has 0 bridgehead atoms. The Bertz CT molecular complexity index is 769. The number of aryl methyl sites for hydroxylation is 1. The largest absolute Gasteiger partial charge is 0.340 e. The molecule has 1 N–H and O–H groups in total. The van der Waals surface area contributed by atoms with Crippen LogP contribution in [0.2, 0.25) is 0 Å². The number of nitrogens with one attached hydrogen (secondary N) is 1. The smallest absolute Gasteiger partial charge is 0.332 e. The summed E-state index contributed by atoms with van der Waals surface area (Å²) in [5.74, 6) is 0.686. The first-order valence-electron chi connectivity index (χ1n) is 6.93. The number of H-pyrrole nitrogens is 1. The average molecular weight is 277 g/mol. The topological polar surface area (TPSA) is 75.9 Å². The lowest BCUT2D eigenvalue weighted by molar-refractivity contribution is 0.478. The molecule has 7 nitrogen and oxygen atoms in total. The quantitative estimate of drug-likeness (QED) is 0.815. The van der Waals surface area contributed by atoms with Crippen LogP contribution in [0.4, 0.5) is 5.95 Å². The SMILES string of the molecule is C[C@H]1CCCCN1c1nc2c([nH]1)c(=O)n(C)c(=O)n2C. The Balaban J connectivity index is 2.21. The number of aromatic nitrogens is 4. The number of rotatable bonds is 1. The molecule has 2 aromatic rings. The van der Waals surface area contributed by atoms with E-state index in [1.54, 1.807) is 7.05 Å². The van der Waals surface area contributed by atoms with Crippen LogP contribution in [0.25, 0.3) is 11.2 Å². The molecule has 0 saturated carbocycles. The van der Waals surface area contributed by atoms with Crippen LogP contribution in [0.3, 0.4) is 0 Å². The molecule has 0 aliphatic carbocycles. The van der Waals surface area contributed by atoms with Gasteiger partial charge in [0.15, 0.2) is 11.2 Å². The van der Waals surface area contributed by atoms with Gasteiger partial charge in [-0.3, -0.25) is 13.9 Å². The van der Waals surface area contributed by atoms with E-state index in [2.05, 4.69) is 21.8 Å².